The Morgan fingerprint density at radius 1 is 1.21 bits per heavy atom. The number of imidazole rings is 1. The molecule has 0 spiro atoms. The summed E-state index contributed by atoms with van der Waals surface area (Å²) in [7, 11) is 0. The first-order valence-corrected chi connectivity index (χ1v) is 5.84. The van der Waals surface area contributed by atoms with E-state index in [9.17, 15) is 22.0 Å². The Morgan fingerprint density at radius 3 is 2.37 bits per heavy atom. The van der Waals surface area contributed by atoms with E-state index in [2.05, 4.69) is 4.98 Å². The summed E-state index contributed by atoms with van der Waals surface area (Å²) in [6.07, 6.45) is -4.80. The van der Waals surface area contributed by atoms with Crippen molar-refractivity contribution in [1.82, 2.24) is 9.55 Å². The van der Waals surface area contributed by atoms with Gasteiger partial charge < -0.3 is 9.55 Å². The van der Waals surface area contributed by atoms with Gasteiger partial charge in [-0.15, -0.1) is 0 Å². The fourth-order valence-electron chi connectivity index (χ4n) is 2.31. The zero-order chi connectivity index (χ0) is 14.0. The van der Waals surface area contributed by atoms with Gasteiger partial charge in [-0.1, -0.05) is 0 Å². The number of halogens is 5. The van der Waals surface area contributed by atoms with Crippen LogP contribution in [0.1, 0.15) is 12.8 Å². The molecule has 0 unspecified atom stereocenters. The van der Waals surface area contributed by atoms with Crippen LogP contribution in [0, 0.1) is 16.4 Å². The lowest BCUT2D eigenvalue weighted by atomic mass is 10.2. The molecule has 3 rings (SSSR count). The molecule has 8 heteroatoms. The Bertz CT molecular complexity index is 723. The van der Waals surface area contributed by atoms with Gasteiger partial charge in [-0.05, 0) is 31.1 Å². The maximum Gasteiger partial charge on any atom is 0.412 e. The first-order chi connectivity index (χ1) is 8.76. The molecule has 2 nitrogen and oxygen atoms in total. The largest absolute Gasteiger partial charge is 0.412 e. The molecule has 1 saturated carbocycles. The van der Waals surface area contributed by atoms with E-state index in [1.807, 2.05) is 0 Å². The molecule has 102 valence electrons. The topological polar surface area (TPSA) is 20.7 Å². The Kier molecular flexibility index (Phi) is 2.36. The molecule has 0 saturated heterocycles. The number of aromatic amines is 1. The van der Waals surface area contributed by atoms with Crippen molar-refractivity contribution in [3.05, 3.63) is 28.5 Å². The maximum absolute atomic E-state index is 13.5. The van der Waals surface area contributed by atoms with E-state index >= 15 is 0 Å². The second-order valence-electron chi connectivity index (χ2n) is 4.58. The van der Waals surface area contributed by atoms with Gasteiger partial charge in [-0.2, -0.15) is 13.2 Å². The zero-order valence-corrected chi connectivity index (χ0v) is 10.1. The molecule has 1 aliphatic carbocycles. The molecular weight excluding hydrogens is 287 g/mol. The minimum atomic E-state index is -4.51. The van der Waals surface area contributed by atoms with Crippen molar-refractivity contribution in [2.75, 3.05) is 0 Å². The number of nitrogens with one attached hydrogen (secondary N) is 1. The number of alkyl halides is 3. The summed E-state index contributed by atoms with van der Waals surface area (Å²) < 4.78 is 66.6. The molecule has 0 aliphatic heterocycles. The van der Waals surface area contributed by atoms with E-state index in [-0.39, 0.29) is 28.6 Å². The third-order valence-electron chi connectivity index (χ3n) is 3.39. The van der Waals surface area contributed by atoms with Gasteiger partial charge in [0.05, 0.1) is 5.52 Å². The third-order valence-corrected chi connectivity index (χ3v) is 3.67. The molecule has 1 aromatic heterocycles. The lowest BCUT2D eigenvalue weighted by Gasteiger charge is -2.21. The molecule has 1 heterocycles. The normalized spacial score (nSPS) is 17.9. The van der Waals surface area contributed by atoms with E-state index in [1.165, 1.54) is 0 Å². The summed E-state index contributed by atoms with van der Waals surface area (Å²) >= 11 is 4.83. The monoisotopic (exact) mass is 294 g/mol. The second-order valence-corrected chi connectivity index (χ2v) is 4.96. The van der Waals surface area contributed by atoms with Crippen molar-refractivity contribution in [1.29, 1.82) is 0 Å². The highest BCUT2D eigenvalue weighted by Crippen LogP contribution is 2.56. The standard InChI is InChI=1S/C11H7F5N2S/c12-5-3-6(13)8-7(4-5)18(9(19)17-8)10(1-2-10)11(14,15)16/h3-4H,1-2H2,(H,17,19). The van der Waals surface area contributed by atoms with Crippen molar-refractivity contribution in [3.8, 4) is 0 Å². The number of hydrogen-bond donors (Lipinski definition) is 1. The average molecular weight is 294 g/mol. The van der Waals surface area contributed by atoms with Gasteiger partial charge >= 0.3 is 6.18 Å². The first kappa shape index (κ1) is 12.6. The van der Waals surface area contributed by atoms with Gasteiger partial charge in [0.2, 0.25) is 0 Å². The number of benzene rings is 1. The number of rotatable bonds is 1. The molecule has 1 aromatic carbocycles. The number of fused-ring (bicyclic) bond motifs is 1. The molecule has 0 amide bonds. The number of nitrogens with zero attached hydrogens (tertiary/aromatic N) is 1. The fourth-order valence-corrected chi connectivity index (χ4v) is 2.68. The summed E-state index contributed by atoms with van der Waals surface area (Å²) in [5, 5.41) is 0. The van der Waals surface area contributed by atoms with Gasteiger partial charge in [-0.3, -0.25) is 0 Å². The number of hydrogen-bond acceptors (Lipinski definition) is 1. The molecule has 0 bridgehead atoms. The minimum absolute atomic E-state index is 0.143. The highest BCUT2D eigenvalue weighted by Gasteiger charge is 2.65. The van der Waals surface area contributed by atoms with E-state index < -0.39 is 23.3 Å². The molecule has 0 radical (unpaired) electrons. The van der Waals surface area contributed by atoms with Gasteiger partial charge in [-0.25, -0.2) is 8.78 Å². The van der Waals surface area contributed by atoms with Crippen LogP contribution in [0.3, 0.4) is 0 Å². The van der Waals surface area contributed by atoms with Crippen LogP contribution in [-0.4, -0.2) is 15.7 Å². The van der Waals surface area contributed by atoms with E-state index in [4.69, 9.17) is 12.2 Å². The van der Waals surface area contributed by atoms with Crippen LogP contribution in [0.15, 0.2) is 12.1 Å². The molecule has 2 aromatic rings. The van der Waals surface area contributed by atoms with Crippen molar-refractivity contribution < 1.29 is 22.0 Å². The molecule has 1 fully saturated rings. The fraction of sp³-hybridized carbons (Fsp3) is 0.364. The maximum atomic E-state index is 13.5. The average Bonchev–Trinajstić information content (AvgIpc) is 2.98. The Labute approximate surface area is 108 Å². The van der Waals surface area contributed by atoms with Crippen LogP contribution in [0.25, 0.3) is 11.0 Å². The SMILES string of the molecule is Fc1cc(F)c2[nH]c(=S)n(C3(C(F)(F)F)CC3)c2c1. The summed E-state index contributed by atoms with van der Waals surface area (Å²) in [6, 6.07) is 1.46. The van der Waals surface area contributed by atoms with E-state index in [0.717, 1.165) is 10.6 Å². The van der Waals surface area contributed by atoms with Gasteiger partial charge in [0.1, 0.15) is 16.9 Å². The van der Waals surface area contributed by atoms with Crippen molar-refractivity contribution >= 4 is 23.3 Å². The number of aromatic nitrogens is 2. The minimum Gasteiger partial charge on any atom is -0.328 e. The third kappa shape index (κ3) is 1.62. The predicted octanol–water partition coefficient (Wildman–Crippen LogP) is 4.03. The predicted molar refractivity (Wildman–Crippen MR) is 60.3 cm³/mol. The molecular formula is C11H7F5N2S. The highest BCUT2D eigenvalue weighted by atomic mass is 32.1. The van der Waals surface area contributed by atoms with Crippen LogP contribution in [0.5, 0.6) is 0 Å². The van der Waals surface area contributed by atoms with Crippen LogP contribution in [0.4, 0.5) is 22.0 Å². The lowest BCUT2D eigenvalue weighted by Crippen LogP contribution is -2.34. The van der Waals surface area contributed by atoms with Gasteiger partial charge in [0.25, 0.3) is 0 Å². The molecule has 1 aliphatic rings. The Hall–Kier alpha value is -1.44. The molecule has 0 atom stereocenters. The summed E-state index contributed by atoms with van der Waals surface area (Å²) in [6.45, 7) is 0. The van der Waals surface area contributed by atoms with Gasteiger partial charge in [0, 0.05) is 6.07 Å². The van der Waals surface area contributed by atoms with Crippen LogP contribution < -0.4 is 0 Å². The first-order valence-electron chi connectivity index (χ1n) is 5.43. The van der Waals surface area contributed by atoms with Crippen molar-refractivity contribution in [3.63, 3.8) is 0 Å². The second kappa shape index (κ2) is 3.56. The van der Waals surface area contributed by atoms with E-state index in [1.54, 1.807) is 0 Å². The van der Waals surface area contributed by atoms with Crippen LogP contribution in [0.2, 0.25) is 0 Å². The van der Waals surface area contributed by atoms with E-state index in [0.29, 0.717) is 6.07 Å². The lowest BCUT2D eigenvalue weighted by molar-refractivity contribution is -0.179. The summed E-state index contributed by atoms with van der Waals surface area (Å²) in [5.74, 6) is -1.90. The number of H-pyrrole nitrogens is 1. The Balaban J connectivity index is 2.37. The highest BCUT2D eigenvalue weighted by molar-refractivity contribution is 7.71. The van der Waals surface area contributed by atoms with Crippen LogP contribution in [-0.2, 0) is 5.54 Å². The summed E-state index contributed by atoms with van der Waals surface area (Å²) in [4.78, 5) is 2.38. The smallest absolute Gasteiger partial charge is 0.328 e. The Morgan fingerprint density at radius 2 is 1.84 bits per heavy atom. The molecule has 19 heavy (non-hydrogen) atoms. The van der Waals surface area contributed by atoms with Crippen molar-refractivity contribution in [2.24, 2.45) is 0 Å². The van der Waals surface area contributed by atoms with Gasteiger partial charge in [0.15, 0.2) is 10.6 Å². The van der Waals surface area contributed by atoms with Crippen LogP contribution >= 0.6 is 12.2 Å². The summed E-state index contributed by atoms with van der Waals surface area (Å²) in [5.41, 5.74) is -2.54. The quantitative estimate of drug-likeness (QED) is 0.622. The zero-order valence-electron chi connectivity index (χ0n) is 9.31. The van der Waals surface area contributed by atoms with Crippen molar-refractivity contribution in [2.45, 2.75) is 24.6 Å². The molecule has 1 N–H and O–H groups in total.